The summed E-state index contributed by atoms with van der Waals surface area (Å²) >= 11 is 0. The summed E-state index contributed by atoms with van der Waals surface area (Å²) in [6.07, 6.45) is 10.2. The van der Waals surface area contributed by atoms with E-state index < -0.39 is 5.60 Å². The van der Waals surface area contributed by atoms with E-state index in [1.807, 2.05) is 31.2 Å². The lowest BCUT2D eigenvalue weighted by Crippen LogP contribution is -2.47. The van der Waals surface area contributed by atoms with Crippen LogP contribution in [0.15, 0.2) is 24.3 Å². The smallest absolute Gasteiger partial charge is 0.256 e. The minimum atomic E-state index is -0.657. The normalized spacial score (nSPS) is 20.3. The zero-order chi connectivity index (χ0) is 19.7. The van der Waals surface area contributed by atoms with Gasteiger partial charge in [0.1, 0.15) is 18.0 Å². The number of amides is 1. The van der Waals surface area contributed by atoms with Crippen LogP contribution in [0.5, 0.6) is 5.75 Å². The average Bonchev–Trinajstić information content (AvgIpc) is 2.99. The summed E-state index contributed by atoms with van der Waals surface area (Å²) in [6, 6.07) is 7.71. The fraction of sp³-hybridized carbons (Fsp3) is 0.696. The van der Waals surface area contributed by atoms with Gasteiger partial charge in [0.25, 0.3) is 5.91 Å². The van der Waals surface area contributed by atoms with Gasteiger partial charge in [-0.3, -0.25) is 9.69 Å². The predicted molar refractivity (Wildman–Crippen MR) is 113 cm³/mol. The van der Waals surface area contributed by atoms with Gasteiger partial charge in [-0.1, -0.05) is 32.1 Å². The molecule has 1 aliphatic heterocycles. The fourth-order valence-electron chi connectivity index (χ4n) is 4.37. The van der Waals surface area contributed by atoms with Crippen LogP contribution in [0, 0.1) is 0 Å². The molecule has 1 aromatic rings. The Morgan fingerprint density at radius 2 is 1.64 bits per heavy atom. The van der Waals surface area contributed by atoms with Crippen LogP contribution in [0.1, 0.15) is 64.7 Å². The molecule has 2 fully saturated rings. The maximum absolute atomic E-state index is 12.9. The number of ether oxygens (including phenoxy) is 2. The van der Waals surface area contributed by atoms with Crippen LogP contribution in [0.3, 0.4) is 0 Å². The number of rotatable bonds is 8. The van der Waals surface area contributed by atoms with Crippen LogP contribution in [0.2, 0.25) is 0 Å². The molecule has 0 aromatic heterocycles. The average molecular weight is 389 g/mol. The first-order chi connectivity index (χ1) is 13.7. The summed E-state index contributed by atoms with van der Waals surface area (Å²) in [5, 5.41) is 3.05. The number of carbonyl (C=O) groups excluding carboxylic acids is 1. The van der Waals surface area contributed by atoms with Crippen molar-refractivity contribution in [2.45, 2.75) is 70.3 Å². The van der Waals surface area contributed by atoms with Crippen LogP contribution in [-0.4, -0.2) is 49.3 Å². The number of hydrogen-bond donors (Lipinski definition) is 1. The van der Waals surface area contributed by atoms with Crippen LogP contribution in [0.4, 0.5) is 5.69 Å². The quantitative estimate of drug-likeness (QED) is 0.706. The molecule has 1 saturated heterocycles. The molecule has 0 unspecified atom stereocenters. The zero-order valence-electron chi connectivity index (χ0n) is 17.4. The molecule has 5 heteroatoms. The molecular formula is C23H36N2O3. The van der Waals surface area contributed by atoms with Crippen molar-refractivity contribution in [2.24, 2.45) is 0 Å². The zero-order valence-corrected chi connectivity index (χ0v) is 17.4. The van der Waals surface area contributed by atoms with Gasteiger partial charge in [-0.2, -0.15) is 0 Å². The van der Waals surface area contributed by atoms with E-state index in [0.717, 1.165) is 43.7 Å². The minimum absolute atomic E-state index is 0.0103. The standard InChI is InChI=1S/C23H36N2O3/c1-2-28-23(14-6-5-7-15-23)22(26)24-20-10-12-21(13-11-20)27-19-18-25-16-8-3-4-9-17-25/h10-13H,2-9,14-19H2,1H3,(H,24,26). The van der Waals surface area contributed by atoms with E-state index in [2.05, 4.69) is 10.2 Å². The molecule has 0 radical (unpaired) electrons. The first kappa shape index (κ1) is 21.1. The first-order valence-electron chi connectivity index (χ1n) is 11.1. The molecule has 1 heterocycles. The molecular weight excluding hydrogens is 352 g/mol. The van der Waals surface area contributed by atoms with Gasteiger partial charge < -0.3 is 14.8 Å². The highest BCUT2D eigenvalue weighted by Crippen LogP contribution is 2.33. The molecule has 28 heavy (non-hydrogen) atoms. The predicted octanol–water partition coefficient (Wildman–Crippen LogP) is 4.62. The van der Waals surface area contributed by atoms with E-state index in [1.165, 1.54) is 45.2 Å². The molecule has 1 amide bonds. The molecule has 0 spiro atoms. The van der Waals surface area contributed by atoms with Crippen molar-refractivity contribution in [3.05, 3.63) is 24.3 Å². The maximum Gasteiger partial charge on any atom is 0.256 e. The van der Waals surface area contributed by atoms with Gasteiger partial charge in [-0.15, -0.1) is 0 Å². The number of nitrogens with one attached hydrogen (secondary N) is 1. The monoisotopic (exact) mass is 388 g/mol. The summed E-state index contributed by atoms with van der Waals surface area (Å²) in [7, 11) is 0. The number of benzene rings is 1. The third-order valence-corrected chi connectivity index (χ3v) is 5.98. The maximum atomic E-state index is 12.9. The molecule has 1 N–H and O–H groups in total. The van der Waals surface area contributed by atoms with E-state index in [9.17, 15) is 4.79 Å². The van der Waals surface area contributed by atoms with Gasteiger partial charge in [0.15, 0.2) is 0 Å². The highest BCUT2D eigenvalue weighted by molar-refractivity contribution is 5.97. The van der Waals surface area contributed by atoms with Crippen LogP contribution < -0.4 is 10.1 Å². The Labute approximate surface area is 169 Å². The van der Waals surface area contributed by atoms with Gasteiger partial charge in [0, 0.05) is 18.8 Å². The van der Waals surface area contributed by atoms with Crippen molar-refractivity contribution in [3.63, 3.8) is 0 Å². The van der Waals surface area contributed by atoms with Crippen molar-refractivity contribution >= 4 is 11.6 Å². The highest BCUT2D eigenvalue weighted by Gasteiger charge is 2.40. The Bertz CT molecular complexity index is 583. The molecule has 1 aliphatic carbocycles. The topological polar surface area (TPSA) is 50.8 Å². The lowest BCUT2D eigenvalue weighted by molar-refractivity contribution is -0.145. The number of carbonyl (C=O) groups is 1. The third kappa shape index (κ3) is 5.95. The minimum Gasteiger partial charge on any atom is -0.492 e. The van der Waals surface area contributed by atoms with Crippen molar-refractivity contribution < 1.29 is 14.3 Å². The van der Waals surface area contributed by atoms with Gasteiger partial charge in [0.05, 0.1) is 0 Å². The second-order valence-corrected chi connectivity index (χ2v) is 8.07. The van der Waals surface area contributed by atoms with E-state index in [0.29, 0.717) is 13.2 Å². The second-order valence-electron chi connectivity index (χ2n) is 8.07. The Balaban J connectivity index is 1.47. The second kappa shape index (κ2) is 10.8. The van der Waals surface area contributed by atoms with E-state index >= 15 is 0 Å². The third-order valence-electron chi connectivity index (χ3n) is 5.98. The van der Waals surface area contributed by atoms with Crippen LogP contribution in [0.25, 0.3) is 0 Å². The van der Waals surface area contributed by atoms with Crippen LogP contribution >= 0.6 is 0 Å². The molecule has 156 valence electrons. The van der Waals surface area contributed by atoms with E-state index in [1.54, 1.807) is 0 Å². The van der Waals surface area contributed by atoms with Crippen molar-refractivity contribution in [3.8, 4) is 5.75 Å². The Morgan fingerprint density at radius 1 is 1.00 bits per heavy atom. The molecule has 1 saturated carbocycles. The SMILES string of the molecule is CCOC1(C(=O)Nc2ccc(OCCN3CCCCCC3)cc2)CCCCC1. The molecule has 0 bridgehead atoms. The summed E-state index contributed by atoms with van der Waals surface area (Å²) < 4.78 is 11.8. The number of hydrogen-bond acceptors (Lipinski definition) is 4. The van der Waals surface area contributed by atoms with Crippen LogP contribution in [-0.2, 0) is 9.53 Å². The largest absolute Gasteiger partial charge is 0.492 e. The van der Waals surface area contributed by atoms with Gasteiger partial charge in [0.2, 0.25) is 0 Å². The molecule has 1 aromatic carbocycles. The molecule has 3 rings (SSSR count). The van der Waals surface area contributed by atoms with E-state index in [4.69, 9.17) is 9.47 Å². The van der Waals surface area contributed by atoms with Crippen molar-refractivity contribution in [2.75, 3.05) is 38.2 Å². The Kier molecular flexibility index (Phi) is 8.16. The Morgan fingerprint density at radius 3 is 2.29 bits per heavy atom. The first-order valence-corrected chi connectivity index (χ1v) is 11.1. The summed E-state index contributed by atoms with van der Waals surface area (Å²) in [5.74, 6) is 0.842. The molecule has 2 aliphatic rings. The lowest BCUT2D eigenvalue weighted by atomic mass is 9.83. The van der Waals surface area contributed by atoms with Gasteiger partial charge in [-0.05, 0) is 70.0 Å². The highest BCUT2D eigenvalue weighted by atomic mass is 16.5. The molecule has 5 nitrogen and oxygen atoms in total. The number of nitrogens with zero attached hydrogens (tertiary/aromatic N) is 1. The lowest BCUT2D eigenvalue weighted by Gasteiger charge is -2.35. The van der Waals surface area contributed by atoms with Gasteiger partial charge >= 0.3 is 0 Å². The summed E-state index contributed by atoms with van der Waals surface area (Å²) in [4.78, 5) is 15.4. The number of likely N-dealkylation sites (tertiary alicyclic amines) is 1. The molecule has 0 atom stereocenters. The van der Waals surface area contributed by atoms with Crippen molar-refractivity contribution in [1.82, 2.24) is 4.90 Å². The fourth-order valence-corrected chi connectivity index (χ4v) is 4.37. The summed E-state index contributed by atoms with van der Waals surface area (Å²) in [6.45, 7) is 6.60. The Hall–Kier alpha value is -1.59. The van der Waals surface area contributed by atoms with Crippen molar-refractivity contribution in [1.29, 1.82) is 0 Å². The van der Waals surface area contributed by atoms with Gasteiger partial charge in [-0.25, -0.2) is 0 Å². The number of anilines is 1. The van der Waals surface area contributed by atoms with E-state index in [-0.39, 0.29) is 5.91 Å². The summed E-state index contributed by atoms with van der Waals surface area (Å²) in [5.41, 5.74) is 0.143.